The van der Waals surface area contributed by atoms with E-state index in [-0.39, 0.29) is 12.4 Å². The van der Waals surface area contributed by atoms with Crippen LogP contribution in [0.5, 0.6) is 5.75 Å². The molecule has 0 amide bonds. The molecule has 0 radical (unpaired) electrons. The molecule has 0 aliphatic carbocycles. The summed E-state index contributed by atoms with van der Waals surface area (Å²) in [6.45, 7) is 1.83. The number of halogens is 5. The summed E-state index contributed by atoms with van der Waals surface area (Å²) in [5, 5.41) is 0. The topological polar surface area (TPSA) is 9.23 Å². The summed E-state index contributed by atoms with van der Waals surface area (Å²) < 4.78 is 43.5. The first-order valence-electron chi connectivity index (χ1n) is 4.05. The normalized spacial score (nSPS) is 11.6. The lowest BCUT2D eigenvalue weighted by Gasteiger charge is -2.14. The van der Waals surface area contributed by atoms with E-state index in [9.17, 15) is 13.2 Å². The minimum absolute atomic E-state index is 0.167. The van der Waals surface area contributed by atoms with Crippen molar-refractivity contribution in [1.29, 1.82) is 0 Å². The fourth-order valence-electron chi connectivity index (χ4n) is 1.03. The van der Waals surface area contributed by atoms with Gasteiger partial charge >= 0.3 is 6.18 Å². The standard InChI is InChI=1S/C9H7Br2F3O/c1-2-15-8-4-7(11)6(10)3-5(8)9(12,13)14/h3-4H,2H2,1H3. The molecule has 0 unspecified atom stereocenters. The second-order valence-electron chi connectivity index (χ2n) is 2.69. The highest BCUT2D eigenvalue weighted by Crippen LogP contribution is 2.40. The van der Waals surface area contributed by atoms with Crippen LogP contribution in [0.4, 0.5) is 13.2 Å². The fraction of sp³-hybridized carbons (Fsp3) is 0.333. The minimum Gasteiger partial charge on any atom is -0.493 e. The number of rotatable bonds is 2. The second kappa shape index (κ2) is 4.74. The van der Waals surface area contributed by atoms with E-state index in [0.29, 0.717) is 8.95 Å². The van der Waals surface area contributed by atoms with E-state index in [4.69, 9.17) is 4.74 Å². The van der Waals surface area contributed by atoms with Crippen molar-refractivity contribution in [1.82, 2.24) is 0 Å². The van der Waals surface area contributed by atoms with Crippen LogP contribution in [0, 0.1) is 0 Å². The first-order chi connectivity index (χ1) is 6.86. The largest absolute Gasteiger partial charge is 0.493 e. The van der Waals surface area contributed by atoms with Crippen molar-refractivity contribution in [2.75, 3.05) is 6.61 Å². The quantitative estimate of drug-likeness (QED) is 0.758. The maximum atomic E-state index is 12.6. The molecule has 1 nitrogen and oxygen atoms in total. The molecule has 84 valence electrons. The summed E-state index contributed by atoms with van der Waals surface area (Å²) in [5.41, 5.74) is -0.778. The molecular formula is C9H7Br2F3O. The average Bonchev–Trinajstić information content (AvgIpc) is 2.09. The second-order valence-corrected chi connectivity index (χ2v) is 4.40. The molecule has 0 aliphatic rings. The van der Waals surface area contributed by atoms with E-state index in [0.717, 1.165) is 6.07 Å². The molecule has 1 rings (SSSR count). The first kappa shape index (κ1) is 12.8. The van der Waals surface area contributed by atoms with Crippen LogP contribution in [0.3, 0.4) is 0 Å². The Hall–Kier alpha value is -0.230. The molecule has 0 N–H and O–H groups in total. The zero-order valence-corrected chi connectivity index (χ0v) is 10.8. The zero-order chi connectivity index (χ0) is 11.6. The highest BCUT2D eigenvalue weighted by molar-refractivity contribution is 9.13. The molecule has 0 fully saturated rings. The van der Waals surface area contributed by atoms with Gasteiger partial charge in [-0.2, -0.15) is 13.2 Å². The molecule has 1 aromatic rings. The predicted molar refractivity (Wildman–Crippen MR) is 58.0 cm³/mol. The number of alkyl halides is 3. The van der Waals surface area contributed by atoms with Gasteiger partial charge in [-0.15, -0.1) is 0 Å². The molecule has 0 saturated carbocycles. The van der Waals surface area contributed by atoms with E-state index >= 15 is 0 Å². The van der Waals surface area contributed by atoms with Crippen molar-refractivity contribution in [3.8, 4) is 5.75 Å². The maximum absolute atomic E-state index is 12.6. The Morgan fingerprint density at radius 1 is 1.20 bits per heavy atom. The highest BCUT2D eigenvalue weighted by atomic mass is 79.9. The Labute approximate surface area is 102 Å². The molecule has 0 aliphatic heterocycles. The summed E-state index contributed by atoms with van der Waals surface area (Å²) in [6.07, 6.45) is -4.41. The third-order valence-electron chi connectivity index (χ3n) is 1.63. The lowest BCUT2D eigenvalue weighted by atomic mass is 10.2. The Morgan fingerprint density at radius 2 is 1.73 bits per heavy atom. The minimum atomic E-state index is -4.41. The van der Waals surface area contributed by atoms with Gasteiger partial charge in [-0.05, 0) is 50.9 Å². The van der Waals surface area contributed by atoms with Gasteiger partial charge in [-0.25, -0.2) is 0 Å². The van der Waals surface area contributed by atoms with Crippen molar-refractivity contribution < 1.29 is 17.9 Å². The molecule has 0 bridgehead atoms. The Morgan fingerprint density at radius 3 is 2.20 bits per heavy atom. The summed E-state index contributed by atoms with van der Waals surface area (Å²) >= 11 is 6.14. The molecule has 0 atom stereocenters. The van der Waals surface area contributed by atoms with Crippen molar-refractivity contribution >= 4 is 31.9 Å². The van der Waals surface area contributed by atoms with Gasteiger partial charge in [0.1, 0.15) is 5.75 Å². The van der Waals surface area contributed by atoms with Crippen LogP contribution in [-0.2, 0) is 6.18 Å². The molecule has 6 heteroatoms. The van der Waals surface area contributed by atoms with E-state index < -0.39 is 11.7 Å². The van der Waals surface area contributed by atoms with Gasteiger partial charge < -0.3 is 4.74 Å². The van der Waals surface area contributed by atoms with Crippen LogP contribution in [-0.4, -0.2) is 6.61 Å². The van der Waals surface area contributed by atoms with E-state index in [1.807, 2.05) is 0 Å². The van der Waals surface area contributed by atoms with Gasteiger partial charge in [-0.3, -0.25) is 0 Å². The van der Waals surface area contributed by atoms with Crippen molar-refractivity contribution in [3.63, 3.8) is 0 Å². The number of hydrogen-bond donors (Lipinski definition) is 0. The molecule has 0 aromatic heterocycles. The van der Waals surface area contributed by atoms with Crippen LogP contribution in [0.15, 0.2) is 21.1 Å². The van der Waals surface area contributed by atoms with Crippen LogP contribution < -0.4 is 4.74 Å². The number of hydrogen-bond acceptors (Lipinski definition) is 1. The van der Waals surface area contributed by atoms with E-state index in [2.05, 4.69) is 31.9 Å². The van der Waals surface area contributed by atoms with Gasteiger partial charge in [0.15, 0.2) is 0 Å². The van der Waals surface area contributed by atoms with E-state index in [1.54, 1.807) is 6.92 Å². The Kier molecular flexibility index (Phi) is 4.06. The van der Waals surface area contributed by atoms with Gasteiger partial charge in [0, 0.05) is 8.95 Å². The lowest BCUT2D eigenvalue weighted by molar-refractivity contribution is -0.139. The van der Waals surface area contributed by atoms with Gasteiger partial charge in [-0.1, -0.05) is 0 Å². The molecule has 1 aromatic carbocycles. The SMILES string of the molecule is CCOc1cc(Br)c(Br)cc1C(F)(F)F. The maximum Gasteiger partial charge on any atom is 0.420 e. The fourth-order valence-corrected chi connectivity index (χ4v) is 1.69. The summed E-state index contributed by atoms with van der Waals surface area (Å²) in [5.74, 6) is -0.167. The lowest BCUT2D eigenvalue weighted by Crippen LogP contribution is -2.08. The monoisotopic (exact) mass is 346 g/mol. The van der Waals surface area contributed by atoms with Crippen LogP contribution in [0.25, 0.3) is 0 Å². The summed E-state index contributed by atoms with van der Waals surface area (Å²) in [7, 11) is 0. The number of benzene rings is 1. The van der Waals surface area contributed by atoms with Crippen molar-refractivity contribution in [3.05, 3.63) is 26.6 Å². The van der Waals surface area contributed by atoms with Crippen molar-refractivity contribution in [2.24, 2.45) is 0 Å². The summed E-state index contributed by atoms with van der Waals surface area (Å²) in [4.78, 5) is 0. The molecule has 15 heavy (non-hydrogen) atoms. The van der Waals surface area contributed by atoms with Crippen LogP contribution in [0.2, 0.25) is 0 Å². The predicted octanol–water partition coefficient (Wildman–Crippen LogP) is 4.63. The molecular weight excluding hydrogens is 341 g/mol. The molecule has 0 saturated heterocycles. The van der Waals surface area contributed by atoms with E-state index in [1.165, 1.54) is 6.07 Å². The smallest absolute Gasteiger partial charge is 0.420 e. The number of ether oxygens (including phenoxy) is 1. The highest BCUT2D eigenvalue weighted by Gasteiger charge is 2.35. The average molecular weight is 348 g/mol. The van der Waals surface area contributed by atoms with Gasteiger partial charge in [0.2, 0.25) is 0 Å². The first-order valence-corrected chi connectivity index (χ1v) is 5.64. The Bertz CT molecular complexity index is 363. The van der Waals surface area contributed by atoms with Crippen molar-refractivity contribution in [2.45, 2.75) is 13.1 Å². The third kappa shape index (κ3) is 3.11. The molecule has 0 heterocycles. The van der Waals surface area contributed by atoms with Crippen LogP contribution >= 0.6 is 31.9 Å². The van der Waals surface area contributed by atoms with Gasteiger partial charge in [0.05, 0.1) is 12.2 Å². The Balaban J connectivity index is 3.28. The molecule has 0 spiro atoms. The van der Waals surface area contributed by atoms with Gasteiger partial charge in [0.25, 0.3) is 0 Å². The van der Waals surface area contributed by atoms with Crippen LogP contribution in [0.1, 0.15) is 12.5 Å². The zero-order valence-electron chi connectivity index (χ0n) is 7.66. The summed E-state index contributed by atoms with van der Waals surface area (Å²) in [6, 6.07) is 2.30. The third-order valence-corrected chi connectivity index (χ3v) is 3.47.